The molecule has 0 fully saturated rings. The Labute approximate surface area is 56.5 Å². The molecule has 2 N–H and O–H groups in total. The molecule has 0 aliphatic carbocycles. The summed E-state index contributed by atoms with van der Waals surface area (Å²) in [7, 11) is 0. The lowest BCUT2D eigenvalue weighted by Gasteiger charge is -1.90. The molecule has 1 aromatic heterocycles. The molecule has 1 aromatic rings. The minimum absolute atomic E-state index is 0.130. The van der Waals surface area contributed by atoms with Crippen LogP contribution in [0.1, 0.15) is 5.56 Å². The molecule has 0 aliphatic rings. The van der Waals surface area contributed by atoms with Crippen LogP contribution in [-0.2, 0) is 0 Å². The molecular formula is C6H4N2O2. The van der Waals surface area contributed by atoms with Crippen molar-refractivity contribution in [3.63, 3.8) is 0 Å². The normalized spacial score (nSPS) is 8.70. The lowest BCUT2D eigenvalue weighted by Crippen LogP contribution is -2.06. The van der Waals surface area contributed by atoms with E-state index >= 15 is 0 Å². The third-order valence-electron chi connectivity index (χ3n) is 1.02. The molecule has 0 unspecified atom stereocenters. The van der Waals surface area contributed by atoms with Gasteiger partial charge in [0.25, 0.3) is 0 Å². The van der Waals surface area contributed by atoms with Crippen molar-refractivity contribution >= 4 is 5.88 Å². The van der Waals surface area contributed by atoms with Gasteiger partial charge in [0.1, 0.15) is 6.07 Å². The first-order valence-electron chi connectivity index (χ1n) is 2.53. The van der Waals surface area contributed by atoms with Gasteiger partial charge in [-0.2, -0.15) is 5.26 Å². The zero-order chi connectivity index (χ0) is 7.56. The summed E-state index contributed by atoms with van der Waals surface area (Å²) in [5, 5.41) is 8.31. The Morgan fingerprint density at radius 3 is 2.80 bits per heavy atom. The predicted molar refractivity (Wildman–Crippen MR) is 34.1 cm³/mol. The van der Waals surface area contributed by atoms with Crippen LogP contribution in [-0.4, -0.2) is 0 Å². The van der Waals surface area contributed by atoms with E-state index in [1.165, 1.54) is 0 Å². The minimum atomic E-state index is -0.411. The molecule has 1 rings (SSSR count). The lowest BCUT2D eigenvalue weighted by molar-refractivity contribution is 0.568. The largest absolute Gasteiger partial charge is 0.448 e. The standard InChI is InChI=1S/C6H4N2O2/c7-3-4-5(9)1-2-10-6(4)8/h1-2H,8H2. The molecule has 1 heterocycles. The number of nitrogen functional groups attached to an aromatic ring is 1. The highest BCUT2D eigenvalue weighted by Gasteiger charge is 2.02. The predicted octanol–water partition coefficient (Wildman–Crippen LogP) is 0.0937. The Kier molecular flexibility index (Phi) is 1.42. The van der Waals surface area contributed by atoms with Gasteiger partial charge < -0.3 is 10.2 Å². The molecule has 0 atom stereocenters. The topological polar surface area (TPSA) is 80.0 Å². The van der Waals surface area contributed by atoms with Crippen LogP contribution >= 0.6 is 0 Å². The van der Waals surface area contributed by atoms with Crippen molar-refractivity contribution in [1.82, 2.24) is 0 Å². The Hall–Kier alpha value is -1.76. The number of nitrogens with two attached hydrogens (primary N) is 1. The maximum Gasteiger partial charge on any atom is 0.211 e. The molecule has 0 bridgehead atoms. The zero-order valence-electron chi connectivity index (χ0n) is 5.00. The summed E-state index contributed by atoms with van der Waals surface area (Å²) in [5.41, 5.74) is 4.60. The van der Waals surface area contributed by atoms with E-state index in [0.717, 1.165) is 12.3 Å². The van der Waals surface area contributed by atoms with Gasteiger partial charge in [-0.3, -0.25) is 4.79 Å². The molecule has 0 aromatic carbocycles. The van der Waals surface area contributed by atoms with Gasteiger partial charge in [-0.05, 0) is 0 Å². The lowest BCUT2D eigenvalue weighted by atomic mass is 10.3. The van der Waals surface area contributed by atoms with Gasteiger partial charge in [-0.15, -0.1) is 0 Å². The number of anilines is 1. The van der Waals surface area contributed by atoms with Crippen LogP contribution in [0.3, 0.4) is 0 Å². The SMILES string of the molecule is N#Cc1c(N)occc1=O. The van der Waals surface area contributed by atoms with Crippen molar-refractivity contribution in [2.75, 3.05) is 5.73 Å². The highest BCUT2D eigenvalue weighted by Crippen LogP contribution is 2.01. The van der Waals surface area contributed by atoms with Crippen molar-refractivity contribution < 1.29 is 4.42 Å². The minimum Gasteiger partial charge on any atom is -0.448 e. The third-order valence-corrected chi connectivity index (χ3v) is 1.02. The fourth-order valence-corrected chi connectivity index (χ4v) is 0.543. The van der Waals surface area contributed by atoms with E-state index < -0.39 is 5.43 Å². The van der Waals surface area contributed by atoms with Gasteiger partial charge in [0.15, 0.2) is 5.56 Å². The average molecular weight is 136 g/mol. The highest BCUT2D eigenvalue weighted by molar-refractivity contribution is 5.44. The van der Waals surface area contributed by atoms with Crippen LogP contribution in [0.2, 0.25) is 0 Å². The Balaban J connectivity index is 3.50. The summed E-state index contributed by atoms with van der Waals surface area (Å²) in [4.78, 5) is 10.7. The summed E-state index contributed by atoms with van der Waals surface area (Å²) in [5.74, 6) is -0.130. The van der Waals surface area contributed by atoms with Gasteiger partial charge >= 0.3 is 0 Å². The highest BCUT2D eigenvalue weighted by atomic mass is 16.3. The fraction of sp³-hybridized carbons (Fsp3) is 0. The maximum absolute atomic E-state index is 10.7. The van der Waals surface area contributed by atoms with Crippen molar-refractivity contribution in [2.45, 2.75) is 0 Å². The molecule has 0 saturated heterocycles. The van der Waals surface area contributed by atoms with Gasteiger partial charge in [0, 0.05) is 6.07 Å². The third kappa shape index (κ3) is 0.845. The van der Waals surface area contributed by atoms with E-state index in [4.69, 9.17) is 11.0 Å². The van der Waals surface area contributed by atoms with E-state index in [1.54, 1.807) is 6.07 Å². The average Bonchev–Trinajstić information content (AvgIpc) is 1.88. The van der Waals surface area contributed by atoms with Gasteiger partial charge in [-0.25, -0.2) is 0 Å². The number of hydrogen-bond acceptors (Lipinski definition) is 4. The summed E-state index contributed by atoms with van der Waals surface area (Å²) >= 11 is 0. The second-order valence-electron chi connectivity index (χ2n) is 1.64. The summed E-state index contributed by atoms with van der Waals surface area (Å²) in [6, 6.07) is 2.78. The maximum atomic E-state index is 10.7. The first-order valence-corrected chi connectivity index (χ1v) is 2.53. The van der Waals surface area contributed by atoms with E-state index in [-0.39, 0.29) is 11.4 Å². The summed E-state index contributed by atoms with van der Waals surface area (Å²) in [6.07, 6.45) is 1.15. The molecule has 0 saturated carbocycles. The number of hydrogen-bond donors (Lipinski definition) is 1. The zero-order valence-corrected chi connectivity index (χ0v) is 5.00. The van der Waals surface area contributed by atoms with Crippen LogP contribution in [0.15, 0.2) is 21.5 Å². The van der Waals surface area contributed by atoms with Crippen molar-refractivity contribution in [3.05, 3.63) is 28.1 Å². The molecule has 0 aliphatic heterocycles. The van der Waals surface area contributed by atoms with Gasteiger partial charge in [0.05, 0.1) is 6.26 Å². The number of rotatable bonds is 0. The molecular weight excluding hydrogens is 132 g/mol. The van der Waals surface area contributed by atoms with E-state index in [9.17, 15) is 4.79 Å². The fourth-order valence-electron chi connectivity index (χ4n) is 0.543. The Morgan fingerprint density at radius 2 is 2.40 bits per heavy atom. The van der Waals surface area contributed by atoms with Crippen LogP contribution in [0.4, 0.5) is 5.88 Å². The molecule has 10 heavy (non-hydrogen) atoms. The van der Waals surface area contributed by atoms with Crippen LogP contribution < -0.4 is 11.2 Å². The molecule has 0 radical (unpaired) electrons. The summed E-state index contributed by atoms with van der Waals surface area (Å²) < 4.78 is 4.59. The second kappa shape index (κ2) is 2.23. The molecule has 0 amide bonds. The monoisotopic (exact) mass is 136 g/mol. The van der Waals surface area contributed by atoms with Crippen molar-refractivity contribution in [3.8, 4) is 6.07 Å². The first kappa shape index (κ1) is 6.36. The molecule has 4 heteroatoms. The first-order chi connectivity index (χ1) is 4.75. The molecule has 4 nitrogen and oxygen atoms in total. The quantitative estimate of drug-likeness (QED) is 0.548. The van der Waals surface area contributed by atoms with E-state index in [2.05, 4.69) is 4.42 Å². The van der Waals surface area contributed by atoms with Crippen LogP contribution in [0.5, 0.6) is 0 Å². The van der Waals surface area contributed by atoms with Gasteiger partial charge in [-0.1, -0.05) is 0 Å². The van der Waals surface area contributed by atoms with Gasteiger partial charge in [0.2, 0.25) is 11.3 Å². The molecule has 0 spiro atoms. The number of nitriles is 1. The Bertz CT molecular complexity index is 334. The summed E-state index contributed by atoms with van der Waals surface area (Å²) in [6.45, 7) is 0. The van der Waals surface area contributed by atoms with Crippen LogP contribution in [0, 0.1) is 11.3 Å². The van der Waals surface area contributed by atoms with Crippen molar-refractivity contribution in [1.29, 1.82) is 5.26 Å². The van der Waals surface area contributed by atoms with E-state index in [1.807, 2.05) is 0 Å². The Morgan fingerprint density at radius 1 is 1.70 bits per heavy atom. The smallest absolute Gasteiger partial charge is 0.211 e. The molecule has 50 valence electrons. The van der Waals surface area contributed by atoms with E-state index in [0.29, 0.717) is 0 Å². The van der Waals surface area contributed by atoms with Crippen molar-refractivity contribution in [2.24, 2.45) is 0 Å². The van der Waals surface area contributed by atoms with Crippen LogP contribution in [0.25, 0.3) is 0 Å². The number of nitrogens with zero attached hydrogens (tertiary/aromatic N) is 1. The second-order valence-corrected chi connectivity index (χ2v) is 1.64.